The van der Waals surface area contributed by atoms with Gasteiger partial charge >= 0.3 is 0 Å². The third-order valence-corrected chi connectivity index (χ3v) is 4.79. The van der Waals surface area contributed by atoms with Gasteiger partial charge in [-0.3, -0.25) is 0 Å². The maximum Gasteiger partial charge on any atom is 0.225 e. The zero-order chi connectivity index (χ0) is 17.5. The Morgan fingerprint density at radius 1 is 1.12 bits per heavy atom. The van der Waals surface area contributed by atoms with Crippen LogP contribution in [0.25, 0.3) is 0 Å². The molecule has 1 saturated heterocycles. The predicted molar refractivity (Wildman–Crippen MR) is 120 cm³/mol. The Morgan fingerprint density at radius 2 is 1.81 bits per heavy atom. The lowest BCUT2D eigenvalue weighted by Gasteiger charge is -2.35. The number of hydrogen-bond donors (Lipinski definition) is 1. The van der Waals surface area contributed by atoms with Gasteiger partial charge in [0.15, 0.2) is 5.96 Å². The van der Waals surface area contributed by atoms with Crippen molar-refractivity contribution in [2.45, 2.75) is 12.3 Å². The van der Waals surface area contributed by atoms with Gasteiger partial charge in [-0.25, -0.2) is 15.0 Å². The van der Waals surface area contributed by atoms with E-state index in [1.54, 1.807) is 12.4 Å². The van der Waals surface area contributed by atoms with Gasteiger partial charge in [-0.05, 0) is 23.4 Å². The van der Waals surface area contributed by atoms with E-state index in [0.717, 1.165) is 37.9 Å². The van der Waals surface area contributed by atoms with Crippen molar-refractivity contribution in [3.8, 4) is 0 Å². The van der Waals surface area contributed by atoms with Crippen molar-refractivity contribution in [1.82, 2.24) is 14.9 Å². The van der Waals surface area contributed by atoms with Gasteiger partial charge in [0.05, 0.1) is 6.54 Å². The number of nitrogens with two attached hydrogens (primary N) is 1. The molecule has 1 aliphatic heterocycles. The molecule has 6 nitrogen and oxygen atoms in total. The van der Waals surface area contributed by atoms with Crippen LogP contribution in [0.4, 0.5) is 5.95 Å². The highest BCUT2D eigenvalue weighted by atomic mass is 127. The summed E-state index contributed by atoms with van der Waals surface area (Å²) in [5, 5.41) is 0. The molecule has 1 aromatic heterocycles. The van der Waals surface area contributed by atoms with E-state index in [1.807, 2.05) is 17.8 Å². The van der Waals surface area contributed by atoms with Crippen LogP contribution in [0.15, 0.2) is 47.7 Å². The summed E-state index contributed by atoms with van der Waals surface area (Å²) in [6.45, 7) is 3.99. The van der Waals surface area contributed by atoms with Gasteiger partial charge in [0.1, 0.15) is 0 Å². The maximum absolute atomic E-state index is 6.20. The second-order valence-electron chi connectivity index (χ2n) is 5.95. The molecule has 0 aliphatic carbocycles. The minimum absolute atomic E-state index is 0. The summed E-state index contributed by atoms with van der Waals surface area (Å²) in [5.74, 6) is 2.42. The number of nitrogens with zero attached hydrogens (tertiary/aromatic N) is 5. The first kappa shape index (κ1) is 20.8. The van der Waals surface area contributed by atoms with E-state index >= 15 is 0 Å². The van der Waals surface area contributed by atoms with Crippen LogP contribution in [0.5, 0.6) is 0 Å². The second-order valence-corrected chi connectivity index (χ2v) is 6.82. The molecule has 0 unspecified atom stereocenters. The average Bonchev–Trinajstić information content (AvgIpc) is 2.67. The topological polar surface area (TPSA) is 70.6 Å². The number of benzene rings is 1. The van der Waals surface area contributed by atoms with Crippen LogP contribution < -0.4 is 10.6 Å². The third kappa shape index (κ3) is 5.73. The minimum Gasteiger partial charge on any atom is -0.370 e. The zero-order valence-electron chi connectivity index (χ0n) is 14.9. The summed E-state index contributed by atoms with van der Waals surface area (Å²) in [5.41, 5.74) is 8.73. The molecule has 0 radical (unpaired) electrons. The molecule has 26 heavy (non-hydrogen) atoms. The van der Waals surface area contributed by atoms with Crippen LogP contribution in [0.3, 0.4) is 0 Å². The lowest BCUT2D eigenvalue weighted by molar-refractivity contribution is 0.378. The van der Waals surface area contributed by atoms with E-state index in [4.69, 9.17) is 5.73 Å². The largest absolute Gasteiger partial charge is 0.370 e. The Labute approximate surface area is 176 Å². The van der Waals surface area contributed by atoms with Crippen LogP contribution in [-0.2, 0) is 12.3 Å². The normalized spacial score (nSPS) is 14.9. The Bertz CT molecular complexity index is 704. The van der Waals surface area contributed by atoms with Crippen molar-refractivity contribution in [1.29, 1.82) is 0 Å². The van der Waals surface area contributed by atoms with E-state index in [0.29, 0.717) is 12.5 Å². The van der Waals surface area contributed by atoms with E-state index in [9.17, 15) is 0 Å². The molecule has 3 rings (SSSR count). The first-order valence-electron chi connectivity index (χ1n) is 8.40. The van der Waals surface area contributed by atoms with Crippen LogP contribution in [0.1, 0.15) is 11.1 Å². The fourth-order valence-electron chi connectivity index (χ4n) is 2.85. The molecule has 1 aliphatic rings. The molecule has 1 aromatic carbocycles. The highest BCUT2D eigenvalue weighted by Gasteiger charge is 2.19. The molecule has 0 atom stereocenters. The highest BCUT2D eigenvalue weighted by molar-refractivity contribution is 14.0. The summed E-state index contributed by atoms with van der Waals surface area (Å²) in [4.78, 5) is 17.5. The molecule has 140 valence electrons. The van der Waals surface area contributed by atoms with E-state index in [1.165, 1.54) is 11.1 Å². The lowest BCUT2D eigenvalue weighted by atomic mass is 10.1. The number of guanidine groups is 1. The Hall–Kier alpha value is -1.55. The Morgan fingerprint density at radius 3 is 2.50 bits per heavy atom. The molecule has 2 heterocycles. The number of anilines is 1. The number of thioether (sulfide) groups is 1. The van der Waals surface area contributed by atoms with Crippen molar-refractivity contribution in [2.75, 3.05) is 37.3 Å². The molecular formula is C18H25IN6S. The quantitative estimate of drug-likeness (QED) is 0.400. The van der Waals surface area contributed by atoms with E-state index in [-0.39, 0.29) is 24.0 Å². The van der Waals surface area contributed by atoms with Gasteiger partial charge in [-0.15, -0.1) is 24.0 Å². The van der Waals surface area contributed by atoms with Crippen molar-refractivity contribution < 1.29 is 0 Å². The van der Waals surface area contributed by atoms with Gasteiger partial charge in [-0.1, -0.05) is 24.3 Å². The van der Waals surface area contributed by atoms with Crippen molar-refractivity contribution in [2.24, 2.45) is 10.7 Å². The summed E-state index contributed by atoms with van der Waals surface area (Å²) in [6, 6.07) is 10.4. The van der Waals surface area contributed by atoms with Crippen molar-refractivity contribution in [3.63, 3.8) is 0 Å². The predicted octanol–water partition coefficient (Wildman–Crippen LogP) is 2.59. The van der Waals surface area contributed by atoms with Gasteiger partial charge in [0.2, 0.25) is 5.95 Å². The third-order valence-electron chi connectivity index (χ3n) is 4.16. The first-order chi connectivity index (χ1) is 12.3. The fraction of sp³-hybridized carbons (Fsp3) is 0.389. The lowest BCUT2D eigenvalue weighted by Crippen LogP contribution is -2.51. The highest BCUT2D eigenvalue weighted by Crippen LogP contribution is 2.13. The maximum atomic E-state index is 6.20. The van der Waals surface area contributed by atoms with E-state index < -0.39 is 0 Å². The molecule has 0 spiro atoms. The van der Waals surface area contributed by atoms with Crippen LogP contribution in [0.2, 0.25) is 0 Å². The zero-order valence-corrected chi connectivity index (χ0v) is 18.1. The standard InChI is InChI=1S/C18H24N6S.HI/c1-25-14-16-5-2-4-15(12-16)13-22-17(19)23-8-10-24(11-9-23)18-20-6-3-7-21-18;/h2-7,12H,8-11,13-14H2,1H3,(H2,19,22);1H. The summed E-state index contributed by atoms with van der Waals surface area (Å²) in [7, 11) is 0. The average molecular weight is 484 g/mol. The number of hydrogen-bond acceptors (Lipinski definition) is 5. The van der Waals surface area contributed by atoms with Crippen LogP contribution in [-0.4, -0.2) is 53.3 Å². The van der Waals surface area contributed by atoms with E-state index in [2.05, 4.69) is 55.3 Å². The number of aromatic nitrogens is 2. The summed E-state index contributed by atoms with van der Waals surface area (Å²) in [6.07, 6.45) is 5.66. The smallest absolute Gasteiger partial charge is 0.225 e. The first-order valence-corrected chi connectivity index (χ1v) is 9.79. The molecule has 0 bridgehead atoms. The van der Waals surface area contributed by atoms with Crippen molar-refractivity contribution in [3.05, 3.63) is 53.9 Å². The molecular weight excluding hydrogens is 459 g/mol. The van der Waals surface area contributed by atoms with Crippen LogP contribution >= 0.6 is 35.7 Å². The molecule has 1 fully saturated rings. The molecule has 8 heteroatoms. The monoisotopic (exact) mass is 484 g/mol. The molecule has 0 amide bonds. The van der Waals surface area contributed by atoms with Gasteiger partial charge < -0.3 is 15.5 Å². The number of piperazine rings is 1. The Kier molecular flexibility index (Phi) is 8.43. The van der Waals surface area contributed by atoms with Gasteiger partial charge in [-0.2, -0.15) is 11.8 Å². The minimum atomic E-state index is 0. The summed E-state index contributed by atoms with van der Waals surface area (Å²) >= 11 is 1.83. The number of aliphatic imine (C=N–C) groups is 1. The fourth-order valence-corrected chi connectivity index (χ4v) is 3.36. The second kappa shape index (κ2) is 10.6. The Balaban J connectivity index is 0.00000243. The molecule has 0 saturated carbocycles. The molecule has 2 N–H and O–H groups in total. The molecule has 2 aromatic rings. The van der Waals surface area contributed by atoms with Gasteiger partial charge in [0, 0.05) is 44.3 Å². The number of rotatable bonds is 5. The number of halogens is 1. The van der Waals surface area contributed by atoms with Gasteiger partial charge in [0.25, 0.3) is 0 Å². The van der Waals surface area contributed by atoms with Crippen molar-refractivity contribution >= 4 is 47.6 Å². The summed E-state index contributed by atoms with van der Waals surface area (Å²) < 4.78 is 0. The van der Waals surface area contributed by atoms with Crippen LogP contribution in [0, 0.1) is 0 Å². The SMILES string of the molecule is CSCc1cccc(CN=C(N)N2CCN(c3ncccn3)CC2)c1.I.